The van der Waals surface area contributed by atoms with Crippen molar-refractivity contribution in [2.24, 2.45) is 0 Å². The molecule has 0 aromatic carbocycles. The Morgan fingerprint density at radius 2 is 2.24 bits per heavy atom. The molecule has 0 amide bonds. The van der Waals surface area contributed by atoms with E-state index in [2.05, 4.69) is 37.8 Å². The molecule has 0 saturated carbocycles. The number of hydrogen-bond donors (Lipinski definition) is 1. The number of thiazole rings is 1. The van der Waals surface area contributed by atoms with Gasteiger partial charge in [0.15, 0.2) is 10.8 Å². The Hall–Kier alpha value is -0.720. The molecule has 0 aliphatic carbocycles. The van der Waals surface area contributed by atoms with E-state index in [9.17, 15) is 0 Å². The third kappa shape index (κ3) is 2.75. The first-order valence-electron chi connectivity index (χ1n) is 5.05. The van der Waals surface area contributed by atoms with E-state index in [4.69, 9.17) is 17.3 Å². The van der Waals surface area contributed by atoms with Crippen LogP contribution in [0.5, 0.6) is 0 Å². The fourth-order valence-electron chi connectivity index (χ4n) is 1.37. The van der Waals surface area contributed by atoms with Crippen LogP contribution in [0.2, 0.25) is 4.34 Å². The van der Waals surface area contributed by atoms with Gasteiger partial charge in [-0.15, -0.1) is 0 Å². The predicted molar refractivity (Wildman–Crippen MR) is 74.3 cm³/mol. The summed E-state index contributed by atoms with van der Waals surface area (Å²) in [7, 11) is 0. The average Bonchev–Trinajstić information content (AvgIpc) is 2.71. The molecule has 4 nitrogen and oxygen atoms in total. The second kappa shape index (κ2) is 5.29. The van der Waals surface area contributed by atoms with Crippen LogP contribution in [0.4, 0.5) is 5.82 Å². The van der Waals surface area contributed by atoms with Gasteiger partial charge in [0.1, 0.15) is 10.2 Å². The van der Waals surface area contributed by atoms with Crippen LogP contribution in [-0.2, 0) is 6.42 Å². The number of aromatic nitrogens is 3. The van der Waals surface area contributed by atoms with E-state index in [0.29, 0.717) is 21.0 Å². The van der Waals surface area contributed by atoms with Gasteiger partial charge in [-0.25, -0.2) is 15.0 Å². The Balaban J connectivity index is 2.48. The molecule has 2 aromatic rings. The molecule has 2 heterocycles. The number of nitrogens with two attached hydrogens (primary N) is 1. The minimum absolute atomic E-state index is 0.435. The van der Waals surface area contributed by atoms with Gasteiger partial charge in [0, 0.05) is 0 Å². The van der Waals surface area contributed by atoms with E-state index in [0.717, 1.165) is 23.0 Å². The molecule has 0 radical (unpaired) electrons. The molecule has 0 aliphatic heterocycles. The van der Waals surface area contributed by atoms with Gasteiger partial charge in [-0.05, 0) is 22.4 Å². The zero-order valence-corrected chi connectivity index (χ0v) is 12.2. The van der Waals surface area contributed by atoms with Crippen LogP contribution in [0, 0.1) is 0 Å². The fourth-order valence-corrected chi connectivity index (χ4v) is 2.59. The zero-order valence-electron chi connectivity index (χ0n) is 9.07. The molecule has 0 saturated heterocycles. The fraction of sp³-hybridized carbons (Fsp3) is 0.300. The maximum absolute atomic E-state index is 5.84. The van der Waals surface area contributed by atoms with Crippen LogP contribution in [0.15, 0.2) is 10.7 Å². The highest BCUT2D eigenvalue weighted by atomic mass is 79.9. The van der Waals surface area contributed by atoms with Gasteiger partial charge in [-0.3, -0.25) is 0 Å². The largest absolute Gasteiger partial charge is 0.383 e. The van der Waals surface area contributed by atoms with Gasteiger partial charge in [0.05, 0.1) is 16.4 Å². The number of hydrogen-bond acceptors (Lipinski definition) is 5. The molecular formula is C10H10BrClN4S. The minimum atomic E-state index is 0.435. The molecule has 2 N–H and O–H groups in total. The molecule has 0 bridgehead atoms. The van der Waals surface area contributed by atoms with Crippen molar-refractivity contribution in [3.8, 4) is 10.8 Å². The third-order valence-electron chi connectivity index (χ3n) is 2.10. The topological polar surface area (TPSA) is 64.7 Å². The number of rotatable bonds is 3. The molecule has 2 aromatic heterocycles. The highest BCUT2D eigenvalue weighted by molar-refractivity contribution is 9.10. The van der Waals surface area contributed by atoms with Crippen LogP contribution in [-0.4, -0.2) is 15.0 Å². The second-order valence-corrected chi connectivity index (χ2v) is 5.87. The third-order valence-corrected chi connectivity index (χ3v) is 4.08. The Morgan fingerprint density at radius 1 is 1.47 bits per heavy atom. The minimum Gasteiger partial charge on any atom is -0.383 e. The van der Waals surface area contributed by atoms with Crippen molar-refractivity contribution in [3.63, 3.8) is 0 Å². The van der Waals surface area contributed by atoms with Crippen molar-refractivity contribution in [3.05, 3.63) is 20.7 Å². The Morgan fingerprint density at radius 3 is 2.82 bits per heavy atom. The molecule has 0 spiro atoms. The summed E-state index contributed by atoms with van der Waals surface area (Å²) in [5.74, 6) is 0.968. The van der Waals surface area contributed by atoms with Gasteiger partial charge in [0.25, 0.3) is 0 Å². The van der Waals surface area contributed by atoms with E-state index in [-0.39, 0.29) is 0 Å². The predicted octanol–water partition coefficient (Wildman–Crippen LogP) is 3.55. The van der Waals surface area contributed by atoms with Crippen LogP contribution in [0.25, 0.3) is 10.8 Å². The molecule has 2 rings (SSSR count). The van der Waals surface area contributed by atoms with Crippen LogP contribution < -0.4 is 5.73 Å². The summed E-state index contributed by atoms with van der Waals surface area (Å²) in [5.41, 5.74) is 6.75. The van der Waals surface area contributed by atoms with E-state index >= 15 is 0 Å². The standard InChI is InChI=1S/C10H10BrClN4S/c1-2-3-5-7(11)8(13)16-9(15-5)10-14-4-6(12)17-10/h4H,2-3H2,1H3,(H2,13,15,16). The van der Waals surface area contributed by atoms with E-state index in [1.165, 1.54) is 11.3 Å². The number of nitrogen functional groups attached to an aromatic ring is 1. The number of aryl methyl sites for hydroxylation is 1. The first-order valence-corrected chi connectivity index (χ1v) is 7.04. The summed E-state index contributed by atoms with van der Waals surface area (Å²) >= 11 is 10.6. The number of anilines is 1. The van der Waals surface area contributed by atoms with Gasteiger partial charge >= 0.3 is 0 Å². The van der Waals surface area contributed by atoms with Gasteiger partial charge in [-0.2, -0.15) is 0 Å². The molecule has 0 unspecified atom stereocenters. The molecule has 90 valence electrons. The van der Waals surface area contributed by atoms with Crippen molar-refractivity contribution in [1.82, 2.24) is 15.0 Å². The van der Waals surface area contributed by atoms with E-state index in [1.54, 1.807) is 6.20 Å². The highest BCUT2D eigenvalue weighted by Crippen LogP contribution is 2.29. The molecule has 0 atom stereocenters. The van der Waals surface area contributed by atoms with Gasteiger partial charge in [-0.1, -0.05) is 36.3 Å². The molecule has 0 fully saturated rings. The van der Waals surface area contributed by atoms with Crippen LogP contribution >= 0.6 is 38.9 Å². The molecule has 17 heavy (non-hydrogen) atoms. The van der Waals surface area contributed by atoms with Gasteiger partial charge in [0.2, 0.25) is 0 Å². The summed E-state index contributed by atoms with van der Waals surface area (Å²) in [4.78, 5) is 12.8. The Labute approximate surface area is 116 Å². The summed E-state index contributed by atoms with van der Waals surface area (Å²) < 4.78 is 1.38. The smallest absolute Gasteiger partial charge is 0.191 e. The van der Waals surface area contributed by atoms with Crippen LogP contribution in [0.1, 0.15) is 19.0 Å². The number of halogens is 2. The van der Waals surface area contributed by atoms with Crippen LogP contribution in [0.3, 0.4) is 0 Å². The van der Waals surface area contributed by atoms with Crippen molar-refractivity contribution in [2.75, 3.05) is 5.73 Å². The highest BCUT2D eigenvalue weighted by Gasteiger charge is 2.13. The van der Waals surface area contributed by atoms with Gasteiger partial charge < -0.3 is 5.73 Å². The second-order valence-electron chi connectivity index (χ2n) is 3.41. The quantitative estimate of drug-likeness (QED) is 0.933. The Bertz CT molecular complexity index is 543. The first-order chi connectivity index (χ1) is 8.11. The van der Waals surface area contributed by atoms with Crippen molar-refractivity contribution < 1.29 is 0 Å². The maximum Gasteiger partial charge on any atom is 0.191 e. The Kier molecular flexibility index (Phi) is 3.96. The average molecular weight is 334 g/mol. The maximum atomic E-state index is 5.84. The lowest BCUT2D eigenvalue weighted by Gasteiger charge is -2.06. The first kappa shape index (κ1) is 12.7. The monoisotopic (exact) mass is 332 g/mol. The molecule has 7 heteroatoms. The van der Waals surface area contributed by atoms with Crippen molar-refractivity contribution >= 4 is 44.7 Å². The van der Waals surface area contributed by atoms with E-state index < -0.39 is 0 Å². The summed E-state index contributed by atoms with van der Waals surface area (Å²) in [6, 6.07) is 0. The normalized spacial score (nSPS) is 10.8. The van der Waals surface area contributed by atoms with Crippen molar-refractivity contribution in [1.29, 1.82) is 0 Å². The van der Waals surface area contributed by atoms with Crippen molar-refractivity contribution in [2.45, 2.75) is 19.8 Å². The lowest BCUT2D eigenvalue weighted by Crippen LogP contribution is -2.02. The number of nitrogens with zero attached hydrogens (tertiary/aromatic N) is 3. The lowest BCUT2D eigenvalue weighted by molar-refractivity contribution is 0.869. The SMILES string of the molecule is CCCc1nc(-c2ncc(Cl)s2)nc(N)c1Br. The molecule has 0 aliphatic rings. The zero-order chi connectivity index (χ0) is 12.4. The lowest BCUT2D eigenvalue weighted by atomic mass is 10.2. The summed E-state index contributed by atoms with van der Waals surface area (Å²) in [6.45, 7) is 2.09. The van der Waals surface area contributed by atoms with E-state index in [1.807, 2.05) is 0 Å². The summed E-state index contributed by atoms with van der Waals surface area (Å²) in [6.07, 6.45) is 3.43. The summed E-state index contributed by atoms with van der Waals surface area (Å²) in [5, 5.41) is 0.687. The molecular weight excluding hydrogens is 324 g/mol.